The summed E-state index contributed by atoms with van der Waals surface area (Å²) in [5.74, 6) is 0.0345. The minimum atomic E-state index is -0.541. The number of aliphatic imine (C=N–C) groups is 1. The van der Waals surface area contributed by atoms with Crippen LogP contribution in [0.25, 0.3) is 6.08 Å². The SMILES string of the molecule is CCC(=O)Oc1ccc(/C=C2\N=C(c3ccccc3Br)OC2=O)cc1OC. The Hall–Kier alpha value is -2.93. The van der Waals surface area contributed by atoms with Crippen LogP contribution in [0.1, 0.15) is 24.5 Å². The highest BCUT2D eigenvalue weighted by Crippen LogP contribution is 2.30. The Morgan fingerprint density at radius 1 is 1.22 bits per heavy atom. The molecule has 0 amide bonds. The van der Waals surface area contributed by atoms with Gasteiger partial charge in [-0.3, -0.25) is 4.79 Å². The van der Waals surface area contributed by atoms with E-state index in [4.69, 9.17) is 14.2 Å². The van der Waals surface area contributed by atoms with Gasteiger partial charge in [-0.05, 0) is 51.8 Å². The highest BCUT2D eigenvalue weighted by atomic mass is 79.9. The van der Waals surface area contributed by atoms with E-state index in [2.05, 4.69) is 20.9 Å². The van der Waals surface area contributed by atoms with Crippen LogP contribution >= 0.6 is 15.9 Å². The van der Waals surface area contributed by atoms with E-state index in [-0.39, 0.29) is 24.0 Å². The maximum absolute atomic E-state index is 12.2. The van der Waals surface area contributed by atoms with E-state index in [0.717, 1.165) is 4.47 Å². The summed E-state index contributed by atoms with van der Waals surface area (Å²) in [5, 5.41) is 0. The molecule has 2 aromatic carbocycles. The van der Waals surface area contributed by atoms with Crippen LogP contribution in [0.2, 0.25) is 0 Å². The van der Waals surface area contributed by atoms with Crippen molar-refractivity contribution in [2.24, 2.45) is 4.99 Å². The molecule has 2 aromatic rings. The van der Waals surface area contributed by atoms with Gasteiger partial charge in [0.15, 0.2) is 17.2 Å². The number of ether oxygens (including phenoxy) is 3. The molecule has 27 heavy (non-hydrogen) atoms. The van der Waals surface area contributed by atoms with Gasteiger partial charge in [-0.25, -0.2) is 9.79 Å². The Morgan fingerprint density at radius 2 is 2.00 bits per heavy atom. The number of hydrogen-bond donors (Lipinski definition) is 0. The molecule has 0 spiro atoms. The summed E-state index contributed by atoms with van der Waals surface area (Å²) in [7, 11) is 1.47. The lowest BCUT2D eigenvalue weighted by atomic mass is 10.1. The number of carbonyl (C=O) groups is 2. The molecule has 6 nitrogen and oxygen atoms in total. The number of carbonyl (C=O) groups excluding carboxylic acids is 2. The number of nitrogens with zero attached hydrogens (tertiary/aromatic N) is 1. The van der Waals surface area contributed by atoms with Crippen molar-refractivity contribution in [3.05, 3.63) is 63.8 Å². The van der Waals surface area contributed by atoms with E-state index in [9.17, 15) is 9.59 Å². The Bertz CT molecular complexity index is 965. The first-order valence-electron chi connectivity index (χ1n) is 8.18. The van der Waals surface area contributed by atoms with Gasteiger partial charge in [0, 0.05) is 10.9 Å². The molecule has 0 unspecified atom stereocenters. The van der Waals surface area contributed by atoms with E-state index in [1.165, 1.54) is 7.11 Å². The summed E-state index contributed by atoms with van der Waals surface area (Å²) in [6.45, 7) is 1.71. The lowest BCUT2D eigenvalue weighted by Crippen LogP contribution is -2.06. The second-order valence-electron chi connectivity index (χ2n) is 5.55. The quantitative estimate of drug-likeness (QED) is 0.406. The van der Waals surface area contributed by atoms with Gasteiger partial charge in [0.05, 0.1) is 12.7 Å². The molecule has 1 aliphatic heterocycles. The van der Waals surface area contributed by atoms with Crippen molar-refractivity contribution in [3.8, 4) is 11.5 Å². The molecule has 0 atom stereocenters. The molecule has 0 aromatic heterocycles. The largest absolute Gasteiger partial charge is 0.493 e. The van der Waals surface area contributed by atoms with E-state index in [1.54, 1.807) is 37.3 Å². The summed E-state index contributed by atoms with van der Waals surface area (Å²) in [4.78, 5) is 27.9. The summed E-state index contributed by atoms with van der Waals surface area (Å²) in [5.41, 5.74) is 1.52. The summed E-state index contributed by atoms with van der Waals surface area (Å²) >= 11 is 3.42. The van der Waals surface area contributed by atoms with Crippen LogP contribution < -0.4 is 9.47 Å². The minimum Gasteiger partial charge on any atom is -0.493 e. The van der Waals surface area contributed by atoms with Gasteiger partial charge in [-0.1, -0.05) is 25.1 Å². The molecule has 0 saturated heterocycles. The number of rotatable bonds is 5. The first kappa shape index (κ1) is 18.8. The third-order valence-corrected chi connectivity index (χ3v) is 4.42. The van der Waals surface area contributed by atoms with Crippen LogP contribution in [0.3, 0.4) is 0 Å². The number of benzene rings is 2. The Balaban J connectivity index is 1.91. The zero-order valence-electron chi connectivity index (χ0n) is 14.7. The highest BCUT2D eigenvalue weighted by Gasteiger charge is 2.25. The van der Waals surface area contributed by atoms with Crippen LogP contribution in [-0.4, -0.2) is 24.9 Å². The Labute approximate surface area is 164 Å². The maximum atomic E-state index is 12.2. The number of esters is 2. The van der Waals surface area contributed by atoms with Crippen molar-refractivity contribution in [1.29, 1.82) is 0 Å². The van der Waals surface area contributed by atoms with Crippen LogP contribution in [0.5, 0.6) is 11.5 Å². The van der Waals surface area contributed by atoms with Gasteiger partial charge in [-0.15, -0.1) is 0 Å². The Kier molecular flexibility index (Phi) is 5.71. The molecule has 7 heteroatoms. The van der Waals surface area contributed by atoms with Crippen LogP contribution in [0.15, 0.2) is 57.6 Å². The zero-order chi connectivity index (χ0) is 19.4. The molecule has 1 heterocycles. The fourth-order valence-electron chi connectivity index (χ4n) is 2.37. The molecule has 138 valence electrons. The van der Waals surface area contributed by atoms with Crippen LogP contribution in [0, 0.1) is 0 Å². The Morgan fingerprint density at radius 3 is 2.70 bits per heavy atom. The molecule has 0 fully saturated rings. The van der Waals surface area contributed by atoms with E-state index in [1.807, 2.05) is 18.2 Å². The fraction of sp³-hybridized carbons (Fsp3) is 0.150. The van der Waals surface area contributed by atoms with Gasteiger partial charge in [0.1, 0.15) is 0 Å². The van der Waals surface area contributed by atoms with Crippen molar-refractivity contribution >= 4 is 39.8 Å². The predicted octanol–water partition coefficient (Wildman–Crippen LogP) is 4.12. The van der Waals surface area contributed by atoms with Crippen molar-refractivity contribution in [2.75, 3.05) is 7.11 Å². The number of hydrogen-bond acceptors (Lipinski definition) is 6. The third kappa shape index (κ3) is 4.25. The normalized spacial score (nSPS) is 14.7. The van der Waals surface area contributed by atoms with Gasteiger partial charge in [-0.2, -0.15) is 0 Å². The zero-order valence-corrected chi connectivity index (χ0v) is 16.3. The van der Waals surface area contributed by atoms with Crippen molar-refractivity contribution in [3.63, 3.8) is 0 Å². The molecular weight excluding hydrogens is 414 g/mol. The van der Waals surface area contributed by atoms with E-state index in [0.29, 0.717) is 22.6 Å². The van der Waals surface area contributed by atoms with Crippen molar-refractivity contribution < 1.29 is 23.8 Å². The third-order valence-electron chi connectivity index (χ3n) is 3.73. The molecular formula is C20H16BrNO5. The lowest BCUT2D eigenvalue weighted by Gasteiger charge is -2.09. The van der Waals surface area contributed by atoms with Gasteiger partial charge in [0.2, 0.25) is 5.90 Å². The predicted molar refractivity (Wildman–Crippen MR) is 104 cm³/mol. The summed E-state index contributed by atoms with van der Waals surface area (Å²) < 4.78 is 16.5. The van der Waals surface area contributed by atoms with Gasteiger partial charge < -0.3 is 14.2 Å². The molecule has 3 rings (SSSR count). The van der Waals surface area contributed by atoms with Crippen LogP contribution in [-0.2, 0) is 14.3 Å². The summed E-state index contributed by atoms with van der Waals surface area (Å²) in [6, 6.07) is 12.3. The van der Waals surface area contributed by atoms with Crippen LogP contribution in [0.4, 0.5) is 0 Å². The average Bonchev–Trinajstić information content (AvgIpc) is 3.03. The average molecular weight is 430 g/mol. The monoisotopic (exact) mass is 429 g/mol. The smallest absolute Gasteiger partial charge is 0.363 e. The first-order chi connectivity index (χ1) is 13.0. The maximum Gasteiger partial charge on any atom is 0.363 e. The van der Waals surface area contributed by atoms with Crippen molar-refractivity contribution in [2.45, 2.75) is 13.3 Å². The highest BCUT2D eigenvalue weighted by molar-refractivity contribution is 9.10. The summed E-state index contributed by atoms with van der Waals surface area (Å²) in [6.07, 6.45) is 1.84. The lowest BCUT2D eigenvalue weighted by molar-refractivity contribution is -0.134. The minimum absolute atomic E-state index is 0.168. The number of methoxy groups -OCH3 is 1. The molecule has 0 radical (unpaired) electrons. The second-order valence-corrected chi connectivity index (χ2v) is 6.41. The fourth-order valence-corrected chi connectivity index (χ4v) is 2.82. The standard InChI is InChI=1S/C20H16BrNO5/c1-3-18(23)26-16-9-8-12(11-17(16)25-2)10-15-20(24)27-19(22-15)13-6-4-5-7-14(13)21/h4-11H,3H2,1-2H3/b15-10-. The van der Waals surface area contributed by atoms with Gasteiger partial charge >= 0.3 is 11.9 Å². The molecule has 0 bridgehead atoms. The number of cyclic esters (lactones) is 1. The second kappa shape index (κ2) is 8.18. The van der Waals surface area contributed by atoms with E-state index >= 15 is 0 Å². The topological polar surface area (TPSA) is 74.2 Å². The van der Waals surface area contributed by atoms with E-state index < -0.39 is 5.97 Å². The molecule has 0 N–H and O–H groups in total. The molecule has 0 aliphatic carbocycles. The molecule has 0 saturated carbocycles. The van der Waals surface area contributed by atoms with Gasteiger partial charge in [0.25, 0.3) is 0 Å². The first-order valence-corrected chi connectivity index (χ1v) is 8.97. The molecule has 1 aliphatic rings. The number of halogens is 1. The van der Waals surface area contributed by atoms with Crippen molar-refractivity contribution in [1.82, 2.24) is 0 Å².